The first-order valence-electron chi connectivity index (χ1n) is 7.51. The second-order valence-corrected chi connectivity index (χ2v) is 5.54. The fourth-order valence-electron chi connectivity index (χ4n) is 2.79. The van der Waals surface area contributed by atoms with E-state index in [1.165, 1.54) is 11.5 Å². The van der Waals surface area contributed by atoms with Gasteiger partial charge in [0.15, 0.2) is 5.78 Å². The number of aromatic hydroxyl groups is 1. The van der Waals surface area contributed by atoms with Crippen molar-refractivity contribution in [2.75, 3.05) is 7.11 Å². The van der Waals surface area contributed by atoms with E-state index in [-0.39, 0.29) is 29.3 Å². The van der Waals surface area contributed by atoms with Crippen molar-refractivity contribution in [2.24, 2.45) is 0 Å². The summed E-state index contributed by atoms with van der Waals surface area (Å²) in [7, 11) is 1.58. The van der Waals surface area contributed by atoms with Gasteiger partial charge in [0.2, 0.25) is 5.88 Å². The number of ether oxygens (including phenoxy) is 1. The zero-order chi connectivity index (χ0) is 17.3. The summed E-state index contributed by atoms with van der Waals surface area (Å²) in [5.74, 6) is 0.118. The summed E-state index contributed by atoms with van der Waals surface area (Å²) in [4.78, 5) is 24.7. The fraction of sp³-hybridized carbons (Fsp3) is 0.158. The number of benzene rings is 2. The van der Waals surface area contributed by atoms with E-state index in [0.717, 1.165) is 5.56 Å². The molecule has 0 spiro atoms. The Morgan fingerprint density at radius 1 is 1.08 bits per heavy atom. The van der Waals surface area contributed by atoms with Crippen LogP contribution in [0.1, 0.15) is 22.8 Å². The molecule has 3 rings (SSSR count). The second kappa shape index (κ2) is 6.20. The Kier molecular flexibility index (Phi) is 4.08. The first kappa shape index (κ1) is 15.8. The van der Waals surface area contributed by atoms with Gasteiger partial charge in [-0.05, 0) is 30.7 Å². The molecule has 24 heavy (non-hydrogen) atoms. The van der Waals surface area contributed by atoms with E-state index < -0.39 is 0 Å². The quantitative estimate of drug-likeness (QED) is 0.750. The Hall–Kier alpha value is -3.08. The summed E-state index contributed by atoms with van der Waals surface area (Å²) in [6, 6.07) is 14.0. The number of carbonyl (C=O) groups is 1. The third-order valence-electron chi connectivity index (χ3n) is 4.00. The van der Waals surface area contributed by atoms with Gasteiger partial charge in [-0.1, -0.05) is 30.3 Å². The van der Waals surface area contributed by atoms with Crippen molar-refractivity contribution in [3.8, 4) is 11.6 Å². The van der Waals surface area contributed by atoms with E-state index in [1.54, 1.807) is 43.5 Å². The smallest absolute Gasteiger partial charge is 0.261 e. The average Bonchev–Trinajstić information content (AvgIpc) is 2.59. The molecule has 1 heterocycles. The van der Waals surface area contributed by atoms with Crippen LogP contribution in [0.25, 0.3) is 10.8 Å². The molecule has 0 aliphatic heterocycles. The summed E-state index contributed by atoms with van der Waals surface area (Å²) >= 11 is 0. The molecule has 0 radical (unpaired) electrons. The van der Waals surface area contributed by atoms with E-state index in [1.807, 2.05) is 12.1 Å². The summed E-state index contributed by atoms with van der Waals surface area (Å²) in [6.07, 6.45) is 0. The third kappa shape index (κ3) is 2.65. The molecule has 0 bridgehead atoms. The van der Waals surface area contributed by atoms with Crippen LogP contribution in [0.15, 0.2) is 53.3 Å². The minimum atomic E-state index is -0.330. The fourth-order valence-corrected chi connectivity index (χ4v) is 2.79. The number of Topliss-reactive ketones (excluding diaryl/α,β-unsaturated/α-hetero) is 1. The van der Waals surface area contributed by atoms with Crippen LogP contribution >= 0.6 is 0 Å². The van der Waals surface area contributed by atoms with Gasteiger partial charge in [0.05, 0.1) is 19.2 Å². The number of carbonyl (C=O) groups excluding carboxylic acids is 1. The van der Waals surface area contributed by atoms with Gasteiger partial charge in [0, 0.05) is 10.8 Å². The zero-order valence-corrected chi connectivity index (χ0v) is 13.4. The van der Waals surface area contributed by atoms with Crippen LogP contribution in [-0.4, -0.2) is 22.6 Å². The number of ketones is 1. The maximum Gasteiger partial charge on any atom is 0.261 e. The monoisotopic (exact) mass is 323 g/mol. The molecule has 0 amide bonds. The molecular weight excluding hydrogens is 306 g/mol. The molecule has 1 aromatic heterocycles. The van der Waals surface area contributed by atoms with Crippen molar-refractivity contribution in [3.05, 3.63) is 70.0 Å². The average molecular weight is 323 g/mol. The highest BCUT2D eigenvalue weighted by Crippen LogP contribution is 2.26. The topological polar surface area (TPSA) is 68.5 Å². The maximum atomic E-state index is 12.7. The Morgan fingerprint density at radius 3 is 2.29 bits per heavy atom. The van der Waals surface area contributed by atoms with Gasteiger partial charge in [0.1, 0.15) is 5.75 Å². The number of hydrogen-bond donors (Lipinski definition) is 1. The molecule has 0 saturated carbocycles. The lowest BCUT2D eigenvalue weighted by Crippen LogP contribution is -2.23. The Bertz CT molecular complexity index is 971. The summed E-state index contributed by atoms with van der Waals surface area (Å²) in [6.45, 7) is 1.55. The van der Waals surface area contributed by atoms with Crippen LogP contribution in [0.5, 0.6) is 11.6 Å². The number of rotatable bonds is 4. The molecule has 2 aromatic carbocycles. The predicted octanol–water partition coefficient (Wildman–Crippen LogP) is 2.97. The van der Waals surface area contributed by atoms with Crippen molar-refractivity contribution in [2.45, 2.75) is 13.5 Å². The molecule has 5 nitrogen and oxygen atoms in total. The second-order valence-electron chi connectivity index (χ2n) is 5.54. The highest BCUT2D eigenvalue weighted by atomic mass is 16.5. The standard InChI is InChI=1S/C19H17NO4/c1-12(21)17-15-5-3-4-6-16(15)18(22)20(19(17)23)11-13-7-9-14(24-2)10-8-13/h3-10,23H,11H2,1-2H3. The van der Waals surface area contributed by atoms with Crippen LogP contribution in [0, 0.1) is 0 Å². The molecule has 0 fully saturated rings. The van der Waals surface area contributed by atoms with E-state index in [2.05, 4.69) is 0 Å². The Labute approximate surface area is 138 Å². The van der Waals surface area contributed by atoms with Crippen molar-refractivity contribution < 1.29 is 14.6 Å². The highest BCUT2D eigenvalue weighted by Gasteiger charge is 2.19. The number of fused-ring (bicyclic) bond motifs is 1. The first-order chi connectivity index (χ1) is 11.5. The summed E-state index contributed by atoms with van der Waals surface area (Å²) < 4.78 is 6.34. The van der Waals surface area contributed by atoms with Crippen molar-refractivity contribution in [3.63, 3.8) is 0 Å². The zero-order valence-electron chi connectivity index (χ0n) is 13.4. The van der Waals surface area contributed by atoms with Crippen LogP contribution in [0.3, 0.4) is 0 Å². The number of hydrogen-bond acceptors (Lipinski definition) is 4. The molecule has 0 unspecified atom stereocenters. The normalized spacial score (nSPS) is 10.8. The number of methoxy groups -OCH3 is 1. The minimum Gasteiger partial charge on any atom is -0.497 e. The molecule has 122 valence electrons. The van der Waals surface area contributed by atoms with Crippen LogP contribution in [-0.2, 0) is 6.54 Å². The molecule has 0 saturated heterocycles. The van der Waals surface area contributed by atoms with Crippen molar-refractivity contribution in [1.82, 2.24) is 4.57 Å². The Morgan fingerprint density at radius 2 is 1.71 bits per heavy atom. The molecule has 0 aliphatic rings. The molecule has 0 atom stereocenters. The summed E-state index contributed by atoms with van der Waals surface area (Å²) in [5.41, 5.74) is 0.653. The highest BCUT2D eigenvalue weighted by molar-refractivity contribution is 6.08. The lowest BCUT2D eigenvalue weighted by atomic mass is 10.0. The number of pyridine rings is 1. The number of nitrogens with zero attached hydrogens (tertiary/aromatic N) is 1. The first-order valence-corrected chi connectivity index (χ1v) is 7.51. The van der Waals surface area contributed by atoms with Gasteiger partial charge in [-0.25, -0.2) is 0 Å². The van der Waals surface area contributed by atoms with Gasteiger partial charge in [0.25, 0.3) is 5.56 Å². The molecule has 0 aliphatic carbocycles. The molecule has 5 heteroatoms. The van der Waals surface area contributed by atoms with Gasteiger partial charge in [-0.15, -0.1) is 0 Å². The van der Waals surface area contributed by atoms with E-state index >= 15 is 0 Å². The van der Waals surface area contributed by atoms with E-state index in [4.69, 9.17) is 4.74 Å². The van der Waals surface area contributed by atoms with Crippen molar-refractivity contribution in [1.29, 1.82) is 0 Å². The summed E-state index contributed by atoms with van der Waals surface area (Å²) in [5, 5.41) is 11.4. The lowest BCUT2D eigenvalue weighted by Gasteiger charge is -2.14. The SMILES string of the molecule is COc1ccc(Cn2c(O)c(C(C)=O)c3ccccc3c2=O)cc1. The van der Waals surface area contributed by atoms with Crippen molar-refractivity contribution >= 4 is 16.6 Å². The van der Waals surface area contributed by atoms with Gasteiger partial charge in [-0.3, -0.25) is 14.2 Å². The van der Waals surface area contributed by atoms with Crippen LogP contribution in [0.2, 0.25) is 0 Å². The van der Waals surface area contributed by atoms with Gasteiger partial charge < -0.3 is 9.84 Å². The van der Waals surface area contributed by atoms with Gasteiger partial charge in [-0.2, -0.15) is 0 Å². The van der Waals surface area contributed by atoms with E-state index in [9.17, 15) is 14.7 Å². The van der Waals surface area contributed by atoms with Crippen LogP contribution < -0.4 is 10.3 Å². The molecule has 3 aromatic rings. The van der Waals surface area contributed by atoms with E-state index in [0.29, 0.717) is 16.5 Å². The molecular formula is C19H17NO4. The maximum absolute atomic E-state index is 12.7. The lowest BCUT2D eigenvalue weighted by molar-refractivity contribution is 0.101. The van der Waals surface area contributed by atoms with Gasteiger partial charge >= 0.3 is 0 Å². The Balaban J connectivity index is 2.20. The minimum absolute atomic E-state index is 0.165. The number of aromatic nitrogens is 1. The third-order valence-corrected chi connectivity index (χ3v) is 4.00. The van der Waals surface area contributed by atoms with Crippen LogP contribution in [0.4, 0.5) is 0 Å². The molecule has 1 N–H and O–H groups in total. The predicted molar refractivity (Wildman–Crippen MR) is 92.0 cm³/mol. The largest absolute Gasteiger partial charge is 0.497 e.